The summed E-state index contributed by atoms with van der Waals surface area (Å²) in [5.41, 5.74) is 2.89. The summed E-state index contributed by atoms with van der Waals surface area (Å²) in [7, 11) is 0. The predicted octanol–water partition coefficient (Wildman–Crippen LogP) is 8.69. The maximum absolute atomic E-state index is 5.69. The summed E-state index contributed by atoms with van der Waals surface area (Å²) >= 11 is 0. The molecule has 0 atom stereocenters. The molecule has 0 amide bonds. The number of hydrogen-bond donors (Lipinski definition) is 0. The average Bonchev–Trinajstić information content (AvgIpc) is 2.85. The smallest absolute Gasteiger partial charge is 0.0716 e. The Morgan fingerprint density at radius 2 is 1.23 bits per heavy atom. The van der Waals surface area contributed by atoms with Crippen molar-refractivity contribution in [1.82, 2.24) is 0 Å². The molecule has 3 aliphatic carbocycles. The van der Waals surface area contributed by atoms with Crippen LogP contribution in [0.5, 0.6) is 0 Å². The number of allylic oxidation sites excluding steroid dienone is 1. The molecule has 4 rings (SSSR count). The van der Waals surface area contributed by atoms with Gasteiger partial charge in [-0.05, 0) is 130 Å². The zero-order valence-corrected chi connectivity index (χ0v) is 20.1. The molecule has 0 radical (unpaired) electrons. The van der Waals surface area contributed by atoms with Gasteiger partial charge in [-0.25, -0.2) is 0 Å². The average molecular weight is 423 g/mol. The Balaban J connectivity index is 1.18. The molecule has 0 heterocycles. The monoisotopic (exact) mass is 422 g/mol. The SMILES string of the molecule is C=CC1CCC(C2CCC(C3CCC(c4ccc(COCCC)cc4)CC3)CC2)CC1. The van der Waals surface area contributed by atoms with E-state index in [2.05, 4.69) is 43.8 Å². The Morgan fingerprint density at radius 1 is 0.742 bits per heavy atom. The van der Waals surface area contributed by atoms with Crippen LogP contribution in [-0.4, -0.2) is 6.61 Å². The first-order valence-corrected chi connectivity index (χ1v) is 13.6. The van der Waals surface area contributed by atoms with Crippen molar-refractivity contribution in [2.75, 3.05) is 6.61 Å². The second-order valence-electron chi connectivity index (χ2n) is 11.0. The molecule has 3 fully saturated rings. The Kier molecular flexibility index (Phi) is 8.71. The van der Waals surface area contributed by atoms with E-state index in [0.29, 0.717) is 0 Å². The number of ether oxygens (including phenoxy) is 1. The third-order valence-corrected chi connectivity index (χ3v) is 9.14. The minimum absolute atomic E-state index is 0.763. The van der Waals surface area contributed by atoms with Gasteiger partial charge < -0.3 is 4.74 Å². The molecule has 172 valence electrons. The highest BCUT2D eigenvalue weighted by Gasteiger charge is 2.34. The van der Waals surface area contributed by atoms with E-state index < -0.39 is 0 Å². The van der Waals surface area contributed by atoms with Gasteiger partial charge >= 0.3 is 0 Å². The van der Waals surface area contributed by atoms with Crippen molar-refractivity contribution in [3.8, 4) is 0 Å². The van der Waals surface area contributed by atoms with Crippen molar-refractivity contribution in [1.29, 1.82) is 0 Å². The molecule has 0 bridgehead atoms. The highest BCUT2D eigenvalue weighted by molar-refractivity contribution is 5.25. The topological polar surface area (TPSA) is 9.23 Å². The molecule has 0 unspecified atom stereocenters. The van der Waals surface area contributed by atoms with Crippen molar-refractivity contribution < 1.29 is 4.74 Å². The van der Waals surface area contributed by atoms with Crippen LogP contribution in [0.4, 0.5) is 0 Å². The molecule has 3 aliphatic rings. The molecule has 0 saturated heterocycles. The summed E-state index contributed by atoms with van der Waals surface area (Å²) in [5, 5.41) is 0. The van der Waals surface area contributed by atoms with E-state index in [1.54, 1.807) is 5.56 Å². The molecule has 1 nitrogen and oxygen atoms in total. The molecule has 31 heavy (non-hydrogen) atoms. The van der Waals surface area contributed by atoms with Crippen LogP contribution in [-0.2, 0) is 11.3 Å². The van der Waals surface area contributed by atoms with Gasteiger partial charge in [0, 0.05) is 6.61 Å². The minimum Gasteiger partial charge on any atom is -0.377 e. The van der Waals surface area contributed by atoms with E-state index in [-0.39, 0.29) is 0 Å². The van der Waals surface area contributed by atoms with E-state index in [1.165, 1.54) is 82.6 Å². The second-order valence-corrected chi connectivity index (χ2v) is 11.0. The summed E-state index contributed by atoms with van der Waals surface area (Å²) in [5.74, 6) is 5.71. The highest BCUT2D eigenvalue weighted by atomic mass is 16.5. The molecule has 1 aromatic carbocycles. The van der Waals surface area contributed by atoms with Crippen LogP contribution in [0.25, 0.3) is 0 Å². The van der Waals surface area contributed by atoms with Crippen LogP contribution >= 0.6 is 0 Å². The van der Waals surface area contributed by atoms with Crippen LogP contribution in [0.1, 0.15) is 107 Å². The van der Waals surface area contributed by atoms with Crippen molar-refractivity contribution in [3.63, 3.8) is 0 Å². The van der Waals surface area contributed by atoms with Gasteiger partial charge in [0.1, 0.15) is 0 Å². The maximum Gasteiger partial charge on any atom is 0.0716 e. The van der Waals surface area contributed by atoms with Gasteiger partial charge in [0.2, 0.25) is 0 Å². The number of hydrogen-bond acceptors (Lipinski definition) is 1. The summed E-state index contributed by atoms with van der Waals surface area (Å²) in [6.45, 7) is 7.82. The first-order valence-electron chi connectivity index (χ1n) is 13.6. The molecule has 1 heteroatoms. The normalized spacial score (nSPS) is 34.4. The minimum atomic E-state index is 0.763. The summed E-state index contributed by atoms with van der Waals surface area (Å²) in [6, 6.07) is 9.34. The second kappa shape index (κ2) is 11.7. The fraction of sp³-hybridized carbons (Fsp3) is 0.733. The van der Waals surface area contributed by atoms with Gasteiger partial charge in [-0.2, -0.15) is 0 Å². The van der Waals surface area contributed by atoms with Crippen LogP contribution in [0.3, 0.4) is 0 Å². The summed E-state index contributed by atoms with van der Waals surface area (Å²) in [6.07, 6.45) is 20.9. The van der Waals surface area contributed by atoms with E-state index in [4.69, 9.17) is 4.74 Å². The third-order valence-electron chi connectivity index (χ3n) is 9.14. The van der Waals surface area contributed by atoms with Gasteiger partial charge in [-0.3, -0.25) is 0 Å². The Bertz CT molecular complexity index is 637. The predicted molar refractivity (Wildman–Crippen MR) is 132 cm³/mol. The lowest BCUT2D eigenvalue weighted by molar-refractivity contribution is 0.114. The van der Waals surface area contributed by atoms with Crippen molar-refractivity contribution in [2.45, 2.75) is 103 Å². The lowest BCUT2D eigenvalue weighted by Crippen LogP contribution is -2.29. The van der Waals surface area contributed by atoms with Crippen molar-refractivity contribution >= 4 is 0 Å². The Morgan fingerprint density at radius 3 is 1.71 bits per heavy atom. The standard InChI is InChI=1S/C30H46O/c1-3-21-31-22-24-7-11-26(12-8-24)28-15-19-30(20-16-28)29-17-13-27(14-18-29)25-9-5-23(4-2)6-10-25/h4,7-8,11-12,23,25,27-30H,2-3,5-6,9-10,13-22H2,1H3. The lowest BCUT2D eigenvalue weighted by atomic mass is 9.64. The zero-order chi connectivity index (χ0) is 21.5. The van der Waals surface area contributed by atoms with Crippen molar-refractivity contribution in [2.24, 2.45) is 29.6 Å². The fourth-order valence-electron chi connectivity index (χ4n) is 7.08. The van der Waals surface area contributed by atoms with Gasteiger partial charge in [0.15, 0.2) is 0 Å². The summed E-state index contributed by atoms with van der Waals surface area (Å²) in [4.78, 5) is 0. The van der Waals surface area contributed by atoms with Crippen molar-refractivity contribution in [3.05, 3.63) is 48.0 Å². The molecule has 0 spiro atoms. The molecule has 0 N–H and O–H groups in total. The van der Waals surface area contributed by atoms with Crippen LogP contribution in [0.2, 0.25) is 0 Å². The zero-order valence-electron chi connectivity index (χ0n) is 20.1. The fourth-order valence-corrected chi connectivity index (χ4v) is 7.08. The maximum atomic E-state index is 5.69. The number of benzene rings is 1. The third kappa shape index (κ3) is 6.25. The van der Waals surface area contributed by atoms with Gasteiger partial charge in [-0.1, -0.05) is 37.3 Å². The number of rotatable bonds is 8. The van der Waals surface area contributed by atoms with E-state index in [9.17, 15) is 0 Å². The largest absolute Gasteiger partial charge is 0.377 e. The lowest BCUT2D eigenvalue weighted by Gasteiger charge is -2.41. The Hall–Kier alpha value is -1.08. The van der Waals surface area contributed by atoms with Crippen LogP contribution < -0.4 is 0 Å². The van der Waals surface area contributed by atoms with E-state index in [0.717, 1.165) is 55.1 Å². The first-order chi connectivity index (χ1) is 15.3. The summed E-state index contributed by atoms with van der Waals surface area (Å²) < 4.78 is 5.69. The van der Waals surface area contributed by atoms with Gasteiger partial charge in [0.25, 0.3) is 0 Å². The van der Waals surface area contributed by atoms with Crippen LogP contribution in [0, 0.1) is 29.6 Å². The molecule has 0 aromatic heterocycles. The van der Waals surface area contributed by atoms with E-state index >= 15 is 0 Å². The quantitative estimate of drug-likeness (QED) is 0.301. The molecule has 0 aliphatic heterocycles. The molecular weight excluding hydrogens is 376 g/mol. The van der Waals surface area contributed by atoms with Gasteiger partial charge in [0.05, 0.1) is 6.61 Å². The molecule has 1 aromatic rings. The van der Waals surface area contributed by atoms with E-state index in [1.807, 2.05) is 0 Å². The Labute approximate surface area is 192 Å². The first kappa shape index (κ1) is 23.1. The van der Waals surface area contributed by atoms with Gasteiger partial charge in [-0.15, -0.1) is 6.58 Å². The highest BCUT2D eigenvalue weighted by Crippen LogP contribution is 2.47. The molecular formula is C30H46O. The van der Waals surface area contributed by atoms with Crippen LogP contribution in [0.15, 0.2) is 36.9 Å². The molecule has 3 saturated carbocycles.